The SMILES string of the molecule is Cc1sc(C(=O)O)cc1CN1CCN(Cc2cc3ccccc3[nH]2)CC1. The number of H-pyrrole nitrogens is 1. The van der Waals surface area contributed by atoms with Crippen molar-refractivity contribution < 1.29 is 9.90 Å². The van der Waals surface area contributed by atoms with E-state index in [0.717, 1.165) is 49.7 Å². The van der Waals surface area contributed by atoms with Gasteiger partial charge >= 0.3 is 5.97 Å². The summed E-state index contributed by atoms with van der Waals surface area (Å²) < 4.78 is 0. The highest BCUT2D eigenvalue weighted by atomic mass is 32.1. The molecule has 0 spiro atoms. The van der Waals surface area contributed by atoms with Crippen molar-refractivity contribution in [3.8, 4) is 0 Å². The van der Waals surface area contributed by atoms with Crippen LogP contribution in [0.15, 0.2) is 36.4 Å². The Labute approximate surface area is 156 Å². The predicted molar refractivity (Wildman–Crippen MR) is 105 cm³/mol. The molecular formula is C20H23N3O2S. The van der Waals surface area contributed by atoms with Gasteiger partial charge < -0.3 is 10.1 Å². The lowest BCUT2D eigenvalue weighted by atomic mass is 10.2. The van der Waals surface area contributed by atoms with Crippen LogP contribution in [-0.4, -0.2) is 52.0 Å². The molecule has 6 heteroatoms. The van der Waals surface area contributed by atoms with Gasteiger partial charge in [-0.1, -0.05) is 18.2 Å². The smallest absolute Gasteiger partial charge is 0.345 e. The number of thiophene rings is 1. The Hall–Kier alpha value is -2.15. The van der Waals surface area contributed by atoms with Crippen LogP contribution in [-0.2, 0) is 13.1 Å². The van der Waals surface area contributed by atoms with E-state index >= 15 is 0 Å². The van der Waals surface area contributed by atoms with Crippen LogP contribution in [0.25, 0.3) is 10.9 Å². The molecule has 0 saturated carbocycles. The molecule has 0 amide bonds. The van der Waals surface area contributed by atoms with Crippen LogP contribution >= 0.6 is 11.3 Å². The van der Waals surface area contributed by atoms with Gasteiger partial charge in [0.05, 0.1) is 0 Å². The number of aromatic amines is 1. The van der Waals surface area contributed by atoms with Crippen molar-refractivity contribution in [3.05, 3.63) is 57.4 Å². The molecule has 1 fully saturated rings. The highest BCUT2D eigenvalue weighted by Gasteiger charge is 2.20. The standard InChI is InChI=1S/C20H23N3O2S/c1-14-16(11-19(26-14)20(24)25)12-22-6-8-23(9-7-22)13-17-10-15-4-2-3-5-18(15)21-17/h2-5,10-11,21H,6-9,12-13H2,1H3,(H,24,25). The number of fused-ring (bicyclic) bond motifs is 1. The first-order valence-electron chi connectivity index (χ1n) is 8.92. The van der Waals surface area contributed by atoms with Gasteiger partial charge in [-0.15, -0.1) is 11.3 Å². The zero-order chi connectivity index (χ0) is 18.1. The minimum absolute atomic E-state index is 0.440. The number of carboxylic acids is 1. The lowest BCUT2D eigenvalue weighted by Gasteiger charge is -2.34. The summed E-state index contributed by atoms with van der Waals surface area (Å²) in [6.07, 6.45) is 0. The Balaban J connectivity index is 1.33. The number of aryl methyl sites for hydroxylation is 1. The minimum Gasteiger partial charge on any atom is -0.477 e. The fourth-order valence-corrected chi connectivity index (χ4v) is 4.46. The molecule has 0 atom stereocenters. The fraction of sp³-hybridized carbons (Fsp3) is 0.350. The zero-order valence-corrected chi connectivity index (χ0v) is 15.7. The maximum absolute atomic E-state index is 11.1. The number of hydrogen-bond acceptors (Lipinski definition) is 4. The normalized spacial score (nSPS) is 16.3. The number of nitrogens with zero attached hydrogens (tertiary/aromatic N) is 2. The van der Waals surface area contributed by atoms with Gasteiger partial charge in [0.2, 0.25) is 0 Å². The molecule has 1 aromatic carbocycles. The number of rotatable bonds is 5. The summed E-state index contributed by atoms with van der Waals surface area (Å²) >= 11 is 1.37. The molecule has 4 rings (SSSR count). The van der Waals surface area contributed by atoms with E-state index < -0.39 is 5.97 Å². The van der Waals surface area contributed by atoms with Crippen LogP contribution in [0.4, 0.5) is 0 Å². The van der Waals surface area contributed by atoms with E-state index in [1.54, 1.807) is 0 Å². The number of aromatic nitrogens is 1. The second-order valence-corrected chi connectivity index (χ2v) is 8.19. The Bertz CT molecular complexity index is 889. The largest absolute Gasteiger partial charge is 0.477 e. The van der Waals surface area contributed by atoms with Crippen LogP contribution in [0.5, 0.6) is 0 Å². The topological polar surface area (TPSA) is 59.6 Å². The van der Waals surface area contributed by atoms with E-state index in [0.29, 0.717) is 4.88 Å². The molecular weight excluding hydrogens is 346 g/mol. The molecule has 3 aromatic rings. The van der Waals surface area contributed by atoms with Crippen LogP contribution in [0, 0.1) is 6.92 Å². The second-order valence-electron chi connectivity index (χ2n) is 6.93. The first kappa shape index (κ1) is 17.3. The van der Waals surface area contributed by atoms with Gasteiger partial charge in [-0.2, -0.15) is 0 Å². The van der Waals surface area contributed by atoms with E-state index in [-0.39, 0.29) is 0 Å². The summed E-state index contributed by atoms with van der Waals surface area (Å²) in [4.78, 5) is 21.1. The summed E-state index contributed by atoms with van der Waals surface area (Å²) in [6.45, 7) is 7.89. The third-order valence-electron chi connectivity index (χ3n) is 5.07. The van der Waals surface area contributed by atoms with E-state index in [1.807, 2.05) is 13.0 Å². The summed E-state index contributed by atoms with van der Waals surface area (Å²) in [5.74, 6) is -0.826. The highest BCUT2D eigenvalue weighted by molar-refractivity contribution is 7.14. The Morgan fingerprint density at radius 3 is 2.46 bits per heavy atom. The van der Waals surface area contributed by atoms with Crippen molar-refractivity contribution >= 4 is 28.2 Å². The first-order valence-corrected chi connectivity index (χ1v) is 9.74. The summed E-state index contributed by atoms with van der Waals surface area (Å²) in [6, 6.07) is 12.5. The Kier molecular flexibility index (Phi) is 4.80. The van der Waals surface area contributed by atoms with Gasteiger partial charge in [0.1, 0.15) is 4.88 Å². The number of nitrogens with one attached hydrogen (secondary N) is 1. The summed E-state index contributed by atoms with van der Waals surface area (Å²) in [7, 11) is 0. The van der Waals surface area contributed by atoms with Crippen molar-refractivity contribution in [2.45, 2.75) is 20.0 Å². The van der Waals surface area contributed by atoms with Crippen molar-refractivity contribution in [1.82, 2.24) is 14.8 Å². The van der Waals surface area contributed by atoms with Crippen molar-refractivity contribution in [3.63, 3.8) is 0 Å². The van der Waals surface area contributed by atoms with Gasteiger partial charge in [0.25, 0.3) is 0 Å². The third-order valence-corrected chi connectivity index (χ3v) is 6.15. The molecule has 0 aliphatic carbocycles. The highest BCUT2D eigenvalue weighted by Crippen LogP contribution is 2.24. The predicted octanol–water partition coefficient (Wildman–Crippen LogP) is 3.55. The fourth-order valence-electron chi connectivity index (χ4n) is 3.59. The number of aromatic carboxylic acids is 1. The number of para-hydroxylation sites is 1. The van der Waals surface area contributed by atoms with Gasteiger partial charge in [-0.05, 0) is 36.1 Å². The first-order chi connectivity index (χ1) is 12.6. The lowest BCUT2D eigenvalue weighted by Crippen LogP contribution is -2.45. The number of hydrogen-bond donors (Lipinski definition) is 2. The number of carboxylic acid groups (broad SMARTS) is 1. The van der Waals surface area contributed by atoms with Crippen molar-refractivity contribution in [2.24, 2.45) is 0 Å². The number of piperazine rings is 1. The third kappa shape index (κ3) is 3.67. The average Bonchev–Trinajstić information content (AvgIpc) is 3.20. The van der Waals surface area contributed by atoms with Gasteiger partial charge in [-0.3, -0.25) is 9.80 Å². The Morgan fingerprint density at radius 2 is 1.81 bits per heavy atom. The van der Waals surface area contributed by atoms with Crippen LogP contribution < -0.4 is 0 Å². The molecule has 0 radical (unpaired) electrons. The zero-order valence-electron chi connectivity index (χ0n) is 14.9. The second kappa shape index (κ2) is 7.23. The van der Waals surface area contributed by atoms with E-state index in [9.17, 15) is 4.79 Å². The van der Waals surface area contributed by atoms with Crippen molar-refractivity contribution in [1.29, 1.82) is 0 Å². The monoisotopic (exact) mass is 369 g/mol. The molecule has 2 aromatic heterocycles. The van der Waals surface area contributed by atoms with Gasteiger partial charge in [0, 0.05) is 55.4 Å². The molecule has 0 unspecified atom stereocenters. The van der Waals surface area contributed by atoms with Crippen molar-refractivity contribution in [2.75, 3.05) is 26.2 Å². The van der Waals surface area contributed by atoms with E-state index in [4.69, 9.17) is 5.11 Å². The number of benzene rings is 1. The quantitative estimate of drug-likeness (QED) is 0.722. The summed E-state index contributed by atoms with van der Waals surface area (Å²) in [5.41, 5.74) is 3.61. The Morgan fingerprint density at radius 1 is 1.12 bits per heavy atom. The van der Waals surface area contributed by atoms with E-state index in [1.165, 1.54) is 27.9 Å². The van der Waals surface area contributed by atoms with Gasteiger partial charge in [0.15, 0.2) is 0 Å². The maximum Gasteiger partial charge on any atom is 0.345 e. The molecule has 1 aliphatic rings. The lowest BCUT2D eigenvalue weighted by molar-refractivity contribution is 0.0702. The molecule has 5 nitrogen and oxygen atoms in total. The maximum atomic E-state index is 11.1. The molecule has 26 heavy (non-hydrogen) atoms. The van der Waals surface area contributed by atoms with E-state index in [2.05, 4.69) is 45.1 Å². The number of carbonyl (C=O) groups is 1. The molecule has 3 heterocycles. The van der Waals surface area contributed by atoms with Crippen LogP contribution in [0.2, 0.25) is 0 Å². The van der Waals surface area contributed by atoms with Crippen LogP contribution in [0.1, 0.15) is 25.8 Å². The summed E-state index contributed by atoms with van der Waals surface area (Å²) in [5, 5.41) is 10.4. The minimum atomic E-state index is -0.826. The molecule has 1 saturated heterocycles. The molecule has 1 aliphatic heterocycles. The average molecular weight is 369 g/mol. The molecule has 136 valence electrons. The van der Waals surface area contributed by atoms with Gasteiger partial charge in [-0.25, -0.2) is 4.79 Å². The van der Waals surface area contributed by atoms with Crippen LogP contribution in [0.3, 0.4) is 0 Å². The molecule has 0 bridgehead atoms. The molecule has 2 N–H and O–H groups in total.